The van der Waals surface area contributed by atoms with Gasteiger partial charge in [0.2, 0.25) is 11.8 Å². The largest absolute Gasteiger partial charge is 0.355 e. The quantitative estimate of drug-likeness (QED) is 0.795. The molecule has 132 valence electrons. The Morgan fingerprint density at radius 1 is 1.12 bits per heavy atom. The van der Waals surface area contributed by atoms with Crippen LogP contribution in [0.2, 0.25) is 5.02 Å². The summed E-state index contributed by atoms with van der Waals surface area (Å²) >= 11 is 5.54. The van der Waals surface area contributed by atoms with Gasteiger partial charge in [0.15, 0.2) is 11.6 Å². The summed E-state index contributed by atoms with van der Waals surface area (Å²) in [4.78, 5) is 23.2. The van der Waals surface area contributed by atoms with Crippen LogP contribution < -0.4 is 10.6 Å². The van der Waals surface area contributed by atoms with Crippen molar-refractivity contribution in [3.05, 3.63) is 65.2 Å². The highest BCUT2D eigenvalue weighted by atomic mass is 35.5. The van der Waals surface area contributed by atoms with E-state index in [-0.39, 0.29) is 11.6 Å². The highest BCUT2D eigenvalue weighted by Crippen LogP contribution is 2.19. The number of amides is 2. The zero-order valence-electron chi connectivity index (χ0n) is 13.3. The average molecular weight is 367 g/mol. The van der Waals surface area contributed by atoms with Gasteiger partial charge in [-0.1, -0.05) is 35.9 Å². The predicted molar refractivity (Wildman–Crippen MR) is 92.2 cm³/mol. The Hall–Kier alpha value is -2.47. The minimum atomic E-state index is -1.12. The molecule has 1 saturated heterocycles. The third-order valence-corrected chi connectivity index (χ3v) is 3.80. The van der Waals surface area contributed by atoms with Gasteiger partial charge >= 0.3 is 0 Å². The summed E-state index contributed by atoms with van der Waals surface area (Å²) in [5.41, 5.74) is -0.252. The molecule has 3 rings (SSSR count). The van der Waals surface area contributed by atoms with Crippen LogP contribution in [0.15, 0.2) is 48.5 Å². The van der Waals surface area contributed by atoms with Gasteiger partial charge in [0, 0.05) is 11.6 Å². The van der Waals surface area contributed by atoms with Crippen LogP contribution in [-0.2, 0) is 9.59 Å². The third kappa shape index (κ3) is 5.53. The number of halogens is 3. The zero-order chi connectivity index (χ0) is 18.2. The Balaban J connectivity index is 0.000000269. The normalized spacial score (nSPS) is 16.3. The average Bonchev–Trinajstić information content (AvgIpc) is 2.60. The Morgan fingerprint density at radius 2 is 1.84 bits per heavy atom. The molecule has 0 spiro atoms. The van der Waals surface area contributed by atoms with Gasteiger partial charge in [-0.15, -0.1) is 0 Å². The summed E-state index contributed by atoms with van der Waals surface area (Å²) in [5.74, 6) is -4.00. The first-order valence-corrected chi connectivity index (χ1v) is 8.10. The van der Waals surface area contributed by atoms with Gasteiger partial charge in [-0.05, 0) is 37.1 Å². The molecule has 2 amide bonds. The van der Waals surface area contributed by atoms with E-state index in [2.05, 4.69) is 10.6 Å². The van der Waals surface area contributed by atoms with E-state index in [1.54, 1.807) is 0 Å². The van der Waals surface area contributed by atoms with Crippen molar-refractivity contribution < 1.29 is 18.4 Å². The number of rotatable bonds is 2. The minimum Gasteiger partial charge on any atom is -0.355 e. The predicted octanol–water partition coefficient (Wildman–Crippen LogP) is 3.77. The van der Waals surface area contributed by atoms with E-state index in [0.29, 0.717) is 19.4 Å². The van der Waals surface area contributed by atoms with E-state index < -0.39 is 23.5 Å². The van der Waals surface area contributed by atoms with Crippen LogP contribution in [0, 0.1) is 17.6 Å². The van der Waals surface area contributed by atoms with Gasteiger partial charge < -0.3 is 10.6 Å². The lowest BCUT2D eigenvalue weighted by atomic mass is 9.97. The van der Waals surface area contributed by atoms with Crippen molar-refractivity contribution >= 4 is 29.1 Å². The molecule has 1 fully saturated rings. The Bertz CT molecular complexity index is 741. The molecule has 0 aromatic heterocycles. The van der Waals surface area contributed by atoms with Crippen molar-refractivity contribution in [2.45, 2.75) is 12.8 Å². The highest BCUT2D eigenvalue weighted by molar-refractivity contribution is 6.30. The molecule has 7 heteroatoms. The highest BCUT2D eigenvalue weighted by Gasteiger charge is 2.29. The monoisotopic (exact) mass is 366 g/mol. The lowest BCUT2D eigenvalue weighted by Gasteiger charge is -2.21. The van der Waals surface area contributed by atoms with E-state index in [9.17, 15) is 18.4 Å². The number of anilines is 1. The minimum absolute atomic E-state index is 0.252. The van der Waals surface area contributed by atoms with Crippen LogP contribution in [0.25, 0.3) is 0 Å². The molecular weight excluding hydrogens is 350 g/mol. The van der Waals surface area contributed by atoms with E-state index in [4.69, 9.17) is 11.6 Å². The fourth-order valence-electron chi connectivity index (χ4n) is 2.26. The molecule has 0 radical (unpaired) electrons. The lowest BCUT2D eigenvalue weighted by Crippen LogP contribution is -2.42. The molecule has 4 nitrogen and oxygen atoms in total. The van der Waals surface area contributed by atoms with E-state index in [1.165, 1.54) is 12.1 Å². The molecule has 1 heterocycles. The van der Waals surface area contributed by atoms with Crippen molar-refractivity contribution in [3.8, 4) is 0 Å². The first kappa shape index (κ1) is 18.9. The third-order valence-electron chi connectivity index (χ3n) is 3.54. The van der Waals surface area contributed by atoms with Crippen molar-refractivity contribution in [2.24, 2.45) is 5.92 Å². The SMILES string of the molecule is Clc1ccccc1.O=C1NCCCC1C(=O)Nc1cccc(F)c1F. The van der Waals surface area contributed by atoms with E-state index >= 15 is 0 Å². The van der Waals surface area contributed by atoms with Gasteiger partial charge in [-0.3, -0.25) is 9.59 Å². The van der Waals surface area contributed by atoms with Crippen molar-refractivity contribution in [1.29, 1.82) is 0 Å². The number of hydrogen-bond acceptors (Lipinski definition) is 2. The molecule has 1 aliphatic rings. The second-order valence-electron chi connectivity index (χ2n) is 5.37. The molecule has 25 heavy (non-hydrogen) atoms. The van der Waals surface area contributed by atoms with Gasteiger partial charge in [0.25, 0.3) is 0 Å². The van der Waals surface area contributed by atoms with E-state index in [0.717, 1.165) is 11.1 Å². The van der Waals surface area contributed by atoms with Crippen LogP contribution in [-0.4, -0.2) is 18.4 Å². The molecule has 2 aromatic carbocycles. The van der Waals surface area contributed by atoms with Crippen LogP contribution in [0.5, 0.6) is 0 Å². The maximum absolute atomic E-state index is 13.3. The second kappa shape index (κ2) is 9.13. The molecule has 2 N–H and O–H groups in total. The van der Waals surface area contributed by atoms with Gasteiger partial charge in [0.1, 0.15) is 5.92 Å². The van der Waals surface area contributed by atoms with Crippen molar-refractivity contribution in [3.63, 3.8) is 0 Å². The van der Waals surface area contributed by atoms with Crippen LogP contribution in [0.4, 0.5) is 14.5 Å². The topological polar surface area (TPSA) is 58.2 Å². The lowest BCUT2D eigenvalue weighted by molar-refractivity contribution is -0.134. The summed E-state index contributed by atoms with van der Waals surface area (Å²) < 4.78 is 26.3. The summed E-state index contributed by atoms with van der Waals surface area (Å²) in [6.07, 6.45) is 1.10. The van der Waals surface area contributed by atoms with Gasteiger partial charge in [-0.25, -0.2) is 8.78 Å². The van der Waals surface area contributed by atoms with Gasteiger partial charge in [-0.2, -0.15) is 0 Å². The number of benzene rings is 2. The maximum Gasteiger partial charge on any atom is 0.237 e. The number of piperidine rings is 1. The van der Waals surface area contributed by atoms with Crippen molar-refractivity contribution in [1.82, 2.24) is 5.32 Å². The maximum atomic E-state index is 13.3. The fraction of sp³-hybridized carbons (Fsp3) is 0.222. The first-order valence-electron chi connectivity index (χ1n) is 7.72. The zero-order valence-corrected chi connectivity index (χ0v) is 14.0. The number of nitrogens with one attached hydrogen (secondary N) is 2. The molecule has 1 unspecified atom stereocenters. The van der Waals surface area contributed by atoms with Crippen LogP contribution >= 0.6 is 11.6 Å². The Kier molecular flexibility index (Phi) is 6.89. The van der Waals surface area contributed by atoms with Crippen LogP contribution in [0.3, 0.4) is 0 Å². The number of hydrogen-bond donors (Lipinski definition) is 2. The number of carbonyl (C=O) groups is 2. The standard InChI is InChI=1S/C12H12F2N2O2.C6H5Cl/c13-8-4-1-5-9(10(8)14)16-12(18)7-3-2-6-15-11(7)17;7-6-4-2-1-3-5-6/h1,4-5,7H,2-3,6H2,(H,15,17)(H,16,18);1-5H. The first-order chi connectivity index (χ1) is 12.0. The molecule has 1 aliphatic heterocycles. The summed E-state index contributed by atoms with van der Waals surface area (Å²) in [6, 6.07) is 12.9. The smallest absolute Gasteiger partial charge is 0.237 e. The molecular formula is C18H17ClF2N2O2. The molecule has 2 aromatic rings. The molecule has 0 aliphatic carbocycles. The molecule has 1 atom stereocenters. The van der Waals surface area contributed by atoms with Crippen LogP contribution in [0.1, 0.15) is 12.8 Å². The second-order valence-corrected chi connectivity index (χ2v) is 5.81. The Morgan fingerprint density at radius 3 is 2.44 bits per heavy atom. The van der Waals surface area contributed by atoms with Gasteiger partial charge in [0.05, 0.1) is 5.69 Å². The summed E-state index contributed by atoms with van der Waals surface area (Å²) in [5, 5.41) is 5.59. The number of carbonyl (C=O) groups excluding carboxylic acids is 2. The fourth-order valence-corrected chi connectivity index (χ4v) is 2.40. The Labute approximate surface area is 149 Å². The van der Waals surface area contributed by atoms with E-state index in [1.807, 2.05) is 30.3 Å². The summed E-state index contributed by atoms with van der Waals surface area (Å²) in [6.45, 7) is 0.539. The molecule has 0 bridgehead atoms. The van der Waals surface area contributed by atoms with Crippen molar-refractivity contribution in [2.75, 3.05) is 11.9 Å². The summed E-state index contributed by atoms with van der Waals surface area (Å²) in [7, 11) is 0. The molecule has 0 saturated carbocycles.